The van der Waals surface area contributed by atoms with Crippen molar-refractivity contribution < 1.29 is 19.0 Å². The van der Waals surface area contributed by atoms with Gasteiger partial charge in [0.15, 0.2) is 0 Å². The molecule has 92 valence electrons. The van der Waals surface area contributed by atoms with Crippen LogP contribution in [0.3, 0.4) is 0 Å². The van der Waals surface area contributed by atoms with Crippen LogP contribution in [0.15, 0.2) is 11.3 Å². The lowest BCUT2D eigenvalue weighted by molar-refractivity contribution is -0.139. The molecule has 0 aromatic carbocycles. The van der Waals surface area contributed by atoms with E-state index in [1.54, 1.807) is 13.8 Å². The Labute approximate surface area is 96.6 Å². The lowest BCUT2D eigenvalue weighted by Crippen LogP contribution is -2.14. The summed E-state index contributed by atoms with van der Waals surface area (Å²) in [5.41, 5.74) is 0.600. The molecule has 0 aromatic heterocycles. The molecule has 1 heterocycles. The molecule has 0 fully saturated rings. The van der Waals surface area contributed by atoms with Crippen LogP contribution in [0, 0.1) is 0 Å². The molecule has 0 spiro atoms. The summed E-state index contributed by atoms with van der Waals surface area (Å²) < 4.78 is 15.9. The van der Waals surface area contributed by atoms with Gasteiger partial charge < -0.3 is 14.2 Å². The van der Waals surface area contributed by atoms with Crippen molar-refractivity contribution in [1.29, 1.82) is 0 Å². The van der Waals surface area contributed by atoms with Crippen LogP contribution in [-0.2, 0) is 19.0 Å². The zero-order chi connectivity index (χ0) is 12.0. The molecule has 0 aromatic rings. The second-order valence-corrected chi connectivity index (χ2v) is 3.73. The van der Waals surface area contributed by atoms with Gasteiger partial charge in [-0.25, -0.2) is 4.79 Å². The minimum atomic E-state index is -0.314. The summed E-state index contributed by atoms with van der Waals surface area (Å²) in [5.74, 6) is 0.335. The Morgan fingerprint density at radius 3 is 2.88 bits per heavy atom. The lowest BCUT2D eigenvalue weighted by atomic mass is 10.2. The van der Waals surface area contributed by atoms with E-state index in [0.717, 1.165) is 12.8 Å². The normalized spacial score (nSPS) is 19.8. The number of carbonyl (C=O) groups is 1. The van der Waals surface area contributed by atoms with Crippen LogP contribution >= 0.6 is 0 Å². The third-order valence-corrected chi connectivity index (χ3v) is 2.43. The van der Waals surface area contributed by atoms with Gasteiger partial charge in [-0.1, -0.05) is 13.3 Å². The quantitative estimate of drug-likeness (QED) is 0.517. The standard InChI is InChI=1S/C12H20O4/c1-4-6-7-15-11-8-10(9(3)16-11)12(13)14-5-2/h11H,4-8H2,1-3H3. The second kappa shape index (κ2) is 6.53. The maximum absolute atomic E-state index is 11.5. The van der Waals surface area contributed by atoms with E-state index in [1.807, 2.05) is 0 Å². The Morgan fingerprint density at radius 2 is 2.25 bits per heavy atom. The second-order valence-electron chi connectivity index (χ2n) is 3.73. The first-order chi connectivity index (χ1) is 7.69. The van der Waals surface area contributed by atoms with E-state index >= 15 is 0 Å². The van der Waals surface area contributed by atoms with Crippen molar-refractivity contribution in [2.75, 3.05) is 13.2 Å². The molecule has 0 bridgehead atoms. The van der Waals surface area contributed by atoms with Crippen molar-refractivity contribution in [3.8, 4) is 0 Å². The van der Waals surface area contributed by atoms with Crippen molar-refractivity contribution >= 4 is 5.97 Å². The van der Waals surface area contributed by atoms with Crippen molar-refractivity contribution in [2.45, 2.75) is 46.3 Å². The topological polar surface area (TPSA) is 44.8 Å². The Hall–Kier alpha value is -1.03. The molecule has 0 saturated heterocycles. The molecule has 0 saturated carbocycles. The number of ether oxygens (including phenoxy) is 3. The van der Waals surface area contributed by atoms with Crippen molar-refractivity contribution in [3.05, 3.63) is 11.3 Å². The SMILES string of the molecule is CCCCOC1CC(C(=O)OCC)=C(C)O1. The molecular weight excluding hydrogens is 208 g/mol. The predicted octanol–water partition coefficient (Wildman–Crippen LogP) is 2.39. The first-order valence-corrected chi connectivity index (χ1v) is 5.84. The van der Waals surface area contributed by atoms with Gasteiger partial charge in [-0.05, 0) is 20.3 Å². The van der Waals surface area contributed by atoms with E-state index in [2.05, 4.69) is 6.92 Å². The van der Waals surface area contributed by atoms with Crippen LogP contribution < -0.4 is 0 Å². The van der Waals surface area contributed by atoms with Gasteiger partial charge in [-0.15, -0.1) is 0 Å². The fourth-order valence-electron chi connectivity index (χ4n) is 1.52. The van der Waals surface area contributed by atoms with Crippen LogP contribution in [0.4, 0.5) is 0 Å². The maximum atomic E-state index is 11.5. The van der Waals surface area contributed by atoms with Crippen LogP contribution in [-0.4, -0.2) is 25.5 Å². The highest BCUT2D eigenvalue weighted by molar-refractivity contribution is 5.89. The van der Waals surface area contributed by atoms with Gasteiger partial charge in [0, 0.05) is 6.42 Å². The van der Waals surface area contributed by atoms with E-state index in [0.29, 0.717) is 31.0 Å². The van der Waals surface area contributed by atoms with Gasteiger partial charge in [-0.2, -0.15) is 0 Å². The van der Waals surface area contributed by atoms with Gasteiger partial charge >= 0.3 is 5.97 Å². The third-order valence-electron chi connectivity index (χ3n) is 2.43. The number of esters is 1. The highest BCUT2D eigenvalue weighted by atomic mass is 16.7. The highest BCUT2D eigenvalue weighted by Gasteiger charge is 2.29. The molecule has 1 aliphatic heterocycles. The van der Waals surface area contributed by atoms with Crippen LogP contribution in [0.25, 0.3) is 0 Å². The molecular formula is C12H20O4. The molecule has 16 heavy (non-hydrogen) atoms. The molecule has 0 radical (unpaired) electrons. The maximum Gasteiger partial charge on any atom is 0.337 e. The van der Waals surface area contributed by atoms with E-state index in [4.69, 9.17) is 14.2 Å². The number of unbranched alkanes of at least 4 members (excludes halogenated alkanes) is 1. The first-order valence-electron chi connectivity index (χ1n) is 5.84. The number of carbonyl (C=O) groups excluding carboxylic acids is 1. The molecule has 0 aliphatic carbocycles. The van der Waals surface area contributed by atoms with Gasteiger partial charge in [-0.3, -0.25) is 0 Å². The van der Waals surface area contributed by atoms with Gasteiger partial charge in [0.05, 0.1) is 18.8 Å². The Morgan fingerprint density at radius 1 is 1.50 bits per heavy atom. The molecule has 1 unspecified atom stereocenters. The van der Waals surface area contributed by atoms with Crippen molar-refractivity contribution in [3.63, 3.8) is 0 Å². The summed E-state index contributed by atoms with van der Waals surface area (Å²) in [6, 6.07) is 0. The zero-order valence-corrected chi connectivity index (χ0v) is 10.2. The first kappa shape index (κ1) is 13.0. The molecule has 1 atom stereocenters. The number of hydrogen-bond acceptors (Lipinski definition) is 4. The van der Waals surface area contributed by atoms with Gasteiger partial charge in [0.1, 0.15) is 5.76 Å². The molecule has 1 rings (SSSR count). The molecule has 4 nitrogen and oxygen atoms in total. The summed E-state index contributed by atoms with van der Waals surface area (Å²) in [6.07, 6.45) is 2.28. The van der Waals surface area contributed by atoms with E-state index < -0.39 is 0 Å². The summed E-state index contributed by atoms with van der Waals surface area (Å²) >= 11 is 0. The van der Waals surface area contributed by atoms with Crippen LogP contribution in [0.2, 0.25) is 0 Å². The zero-order valence-electron chi connectivity index (χ0n) is 10.2. The molecule has 4 heteroatoms. The fourth-order valence-corrected chi connectivity index (χ4v) is 1.52. The highest BCUT2D eigenvalue weighted by Crippen LogP contribution is 2.26. The minimum Gasteiger partial charge on any atom is -0.469 e. The summed E-state index contributed by atoms with van der Waals surface area (Å²) in [6.45, 7) is 6.72. The molecule has 1 aliphatic rings. The average Bonchev–Trinajstić information content (AvgIpc) is 2.61. The number of allylic oxidation sites excluding steroid dienone is 1. The lowest BCUT2D eigenvalue weighted by Gasteiger charge is -2.11. The summed E-state index contributed by atoms with van der Waals surface area (Å²) in [7, 11) is 0. The summed E-state index contributed by atoms with van der Waals surface area (Å²) in [4.78, 5) is 11.5. The number of hydrogen-bond donors (Lipinski definition) is 0. The largest absolute Gasteiger partial charge is 0.469 e. The Bertz CT molecular complexity index is 270. The van der Waals surface area contributed by atoms with Gasteiger partial charge in [0.25, 0.3) is 0 Å². The number of rotatable bonds is 6. The molecule has 0 N–H and O–H groups in total. The minimum absolute atomic E-state index is 0.290. The van der Waals surface area contributed by atoms with Crippen LogP contribution in [0.1, 0.15) is 40.0 Å². The van der Waals surface area contributed by atoms with Crippen molar-refractivity contribution in [1.82, 2.24) is 0 Å². The van der Waals surface area contributed by atoms with Gasteiger partial charge in [0.2, 0.25) is 6.29 Å². The van der Waals surface area contributed by atoms with E-state index in [1.165, 1.54) is 0 Å². The Kier molecular flexibility index (Phi) is 5.32. The Balaban J connectivity index is 2.38. The monoisotopic (exact) mass is 228 g/mol. The smallest absolute Gasteiger partial charge is 0.337 e. The van der Waals surface area contributed by atoms with Crippen LogP contribution in [0.5, 0.6) is 0 Å². The summed E-state index contributed by atoms with van der Waals surface area (Å²) in [5, 5.41) is 0. The van der Waals surface area contributed by atoms with E-state index in [9.17, 15) is 4.79 Å². The molecule has 0 amide bonds. The average molecular weight is 228 g/mol. The fraction of sp³-hybridized carbons (Fsp3) is 0.750. The predicted molar refractivity (Wildman–Crippen MR) is 59.7 cm³/mol. The van der Waals surface area contributed by atoms with Crippen molar-refractivity contribution in [2.24, 2.45) is 0 Å². The third kappa shape index (κ3) is 3.52. The van der Waals surface area contributed by atoms with E-state index in [-0.39, 0.29) is 12.3 Å².